The van der Waals surface area contributed by atoms with Crippen LogP contribution in [0.3, 0.4) is 0 Å². The van der Waals surface area contributed by atoms with Crippen molar-refractivity contribution >= 4 is 10.4 Å². The number of hydrogen-bond acceptors (Lipinski definition) is 4. The van der Waals surface area contributed by atoms with Crippen LogP contribution in [0.25, 0.3) is 0 Å². The van der Waals surface area contributed by atoms with Gasteiger partial charge in [-0.2, -0.15) is 8.42 Å². The molecule has 0 radical (unpaired) electrons. The Morgan fingerprint density at radius 1 is 0.722 bits per heavy atom. The third-order valence-corrected chi connectivity index (χ3v) is 3.36. The summed E-state index contributed by atoms with van der Waals surface area (Å²) >= 11 is 0. The molecule has 0 atom stereocenters. The molecule has 0 aromatic heterocycles. The summed E-state index contributed by atoms with van der Waals surface area (Å²) in [5, 5.41) is 0. The minimum Gasteiger partial charge on any atom is -0.248 e. The minimum atomic E-state index is -3.75. The van der Waals surface area contributed by atoms with Crippen molar-refractivity contribution in [3.8, 4) is 0 Å². The number of rotatable bonds is 12. The molecule has 0 saturated carbocycles. The molecule has 0 bridgehead atoms. The smallest absolute Gasteiger partial charge is 0.248 e. The molecule has 0 aliphatic heterocycles. The Balaban J connectivity index is 0. The van der Waals surface area contributed by atoms with Crippen LogP contribution in [0.5, 0.6) is 0 Å². The second-order valence-electron chi connectivity index (χ2n) is 4.17. The van der Waals surface area contributed by atoms with Crippen molar-refractivity contribution in [1.82, 2.24) is 0 Å². The van der Waals surface area contributed by atoms with E-state index in [4.69, 9.17) is 4.18 Å². The fourth-order valence-electron chi connectivity index (χ4n) is 1.38. The normalized spacial score (nSPS) is 11.2. The largest absolute Gasteiger partial charge is 0.399 e. The van der Waals surface area contributed by atoms with E-state index in [-0.39, 0.29) is 32.7 Å². The third kappa shape index (κ3) is 14.6. The first-order valence-corrected chi connectivity index (χ1v) is 7.99. The monoisotopic (exact) mass is 330 g/mol. The van der Waals surface area contributed by atoms with Crippen molar-refractivity contribution in [3.63, 3.8) is 0 Å². The van der Waals surface area contributed by atoms with E-state index in [1.165, 1.54) is 19.3 Å². The van der Waals surface area contributed by atoms with Crippen LogP contribution in [0.1, 0.15) is 65.2 Å². The Hall–Kier alpha value is 0.493. The summed E-state index contributed by atoms with van der Waals surface area (Å²) in [6.45, 7) is 4.60. The molecule has 0 saturated heterocycles. The van der Waals surface area contributed by atoms with Crippen LogP contribution in [0.2, 0.25) is 0 Å². The number of hydrogen-bond donors (Lipinski definition) is 0. The molecular weight excluding hydrogens is 306 g/mol. The molecule has 0 unspecified atom stereocenters. The zero-order valence-corrected chi connectivity index (χ0v) is 15.6. The van der Waals surface area contributed by atoms with E-state index in [0.29, 0.717) is 0 Å². The first-order valence-electron chi connectivity index (χ1n) is 6.66. The van der Waals surface area contributed by atoms with Gasteiger partial charge < -0.3 is 0 Å². The topological polar surface area (TPSA) is 52.6 Å². The molecule has 0 aromatic rings. The zero-order chi connectivity index (χ0) is 13.0. The average molecular weight is 332 g/mol. The summed E-state index contributed by atoms with van der Waals surface area (Å²) < 4.78 is 31.8. The van der Waals surface area contributed by atoms with Crippen molar-refractivity contribution in [2.45, 2.75) is 65.2 Å². The predicted molar refractivity (Wildman–Crippen MR) is 69.1 cm³/mol. The van der Waals surface area contributed by atoms with Gasteiger partial charge in [0.15, 0.2) is 0 Å². The van der Waals surface area contributed by atoms with E-state index in [1.54, 1.807) is 0 Å². The van der Waals surface area contributed by atoms with Crippen LogP contribution >= 0.6 is 0 Å². The molecule has 18 heavy (non-hydrogen) atoms. The van der Waals surface area contributed by atoms with Gasteiger partial charge in [-0.15, -0.1) is 0 Å². The molecule has 0 rings (SSSR count). The fourth-order valence-corrected chi connectivity index (χ4v) is 2.09. The Morgan fingerprint density at radius 3 is 1.72 bits per heavy atom. The molecule has 0 spiro atoms. The van der Waals surface area contributed by atoms with Crippen LogP contribution < -0.4 is 0 Å². The van der Waals surface area contributed by atoms with Gasteiger partial charge in [0.05, 0.1) is 13.2 Å². The van der Waals surface area contributed by atoms with Crippen molar-refractivity contribution in [2.75, 3.05) is 13.2 Å². The molecule has 0 heterocycles. The quantitative estimate of drug-likeness (QED) is 0.406. The van der Waals surface area contributed by atoms with E-state index in [2.05, 4.69) is 11.1 Å². The van der Waals surface area contributed by atoms with Crippen LogP contribution in [-0.2, 0) is 38.2 Å². The molecule has 0 aromatic carbocycles. The maximum atomic E-state index is 11.2. The Kier molecular flexibility index (Phi) is 16.1. The molecule has 0 aliphatic rings. The van der Waals surface area contributed by atoms with Crippen LogP contribution in [0.15, 0.2) is 0 Å². The van der Waals surface area contributed by atoms with E-state index in [1.807, 2.05) is 6.92 Å². The molecule has 0 N–H and O–H groups in total. The second kappa shape index (κ2) is 13.9. The maximum absolute atomic E-state index is 11.2. The summed E-state index contributed by atoms with van der Waals surface area (Å²) in [4.78, 5) is 0. The van der Waals surface area contributed by atoms with Crippen LogP contribution in [0.4, 0.5) is 0 Å². The summed E-state index contributed by atoms with van der Waals surface area (Å²) in [5.41, 5.74) is 0. The SMILES string of the molecule is CCCCCCCCOS(=O)(=O)OCCCC.[Zn]. The maximum Gasteiger partial charge on any atom is 0.399 e. The van der Waals surface area contributed by atoms with Gasteiger partial charge in [0, 0.05) is 19.5 Å². The van der Waals surface area contributed by atoms with E-state index >= 15 is 0 Å². The molecular formula is C12H26O4SZn. The second-order valence-corrected chi connectivity index (χ2v) is 5.46. The fraction of sp³-hybridized carbons (Fsp3) is 1.00. The zero-order valence-electron chi connectivity index (χ0n) is 11.8. The standard InChI is InChI=1S/C12H26O4S.Zn/c1-3-5-7-8-9-10-12-16-17(13,14)15-11-6-4-2;/h3-12H2,1-2H3;. The van der Waals surface area contributed by atoms with Crippen molar-refractivity contribution < 1.29 is 36.3 Å². The molecule has 6 heteroatoms. The Morgan fingerprint density at radius 2 is 1.17 bits per heavy atom. The summed E-state index contributed by atoms with van der Waals surface area (Å²) in [7, 11) is -3.75. The Labute approximate surface area is 125 Å². The van der Waals surface area contributed by atoms with Crippen LogP contribution in [0, 0.1) is 0 Å². The van der Waals surface area contributed by atoms with Gasteiger partial charge in [-0.3, -0.25) is 0 Å². The minimum absolute atomic E-state index is 0. The summed E-state index contributed by atoms with van der Waals surface area (Å²) in [5.74, 6) is 0. The average Bonchev–Trinajstić information content (AvgIpc) is 2.28. The van der Waals surface area contributed by atoms with Crippen molar-refractivity contribution in [3.05, 3.63) is 0 Å². The third-order valence-electron chi connectivity index (χ3n) is 2.45. The van der Waals surface area contributed by atoms with Gasteiger partial charge >= 0.3 is 10.4 Å². The van der Waals surface area contributed by atoms with Crippen LogP contribution in [-0.4, -0.2) is 21.6 Å². The number of unbranched alkanes of at least 4 members (excludes halogenated alkanes) is 6. The van der Waals surface area contributed by atoms with Gasteiger partial charge in [-0.1, -0.05) is 52.4 Å². The molecule has 106 valence electrons. The van der Waals surface area contributed by atoms with Gasteiger partial charge in [0.1, 0.15) is 0 Å². The summed E-state index contributed by atoms with van der Waals surface area (Å²) in [6, 6.07) is 0. The molecule has 0 aliphatic carbocycles. The molecule has 0 fully saturated rings. The van der Waals surface area contributed by atoms with Gasteiger partial charge in [-0.25, -0.2) is 8.37 Å². The molecule has 0 amide bonds. The van der Waals surface area contributed by atoms with Crippen molar-refractivity contribution in [1.29, 1.82) is 0 Å². The first-order chi connectivity index (χ1) is 8.12. The summed E-state index contributed by atoms with van der Waals surface area (Å²) in [6.07, 6.45) is 8.27. The van der Waals surface area contributed by atoms with E-state index in [9.17, 15) is 8.42 Å². The van der Waals surface area contributed by atoms with Crippen molar-refractivity contribution in [2.24, 2.45) is 0 Å². The van der Waals surface area contributed by atoms with Gasteiger partial charge in [-0.05, 0) is 12.8 Å². The van der Waals surface area contributed by atoms with E-state index in [0.717, 1.165) is 32.1 Å². The van der Waals surface area contributed by atoms with E-state index < -0.39 is 10.4 Å². The van der Waals surface area contributed by atoms with Gasteiger partial charge in [0.25, 0.3) is 0 Å². The predicted octanol–water partition coefficient (Wildman–Crippen LogP) is 3.42. The molecule has 4 nitrogen and oxygen atoms in total. The van der Waals surface area contributed by atoms with Gasteiger partial charge in [0.2, 0.25) is 0 Å². The first kappa shape index (κ1) is 20.8. The Bertz CT molecular complexity index is 255.